The summed E-state index contributed by atoms with van der Waals surface area (Å²) in [6, 6.07) is 5.90. The van der Waals surface area contributed by atoms with Gasteiger partial charge in [0.25, 0.3) is 5.91 Å². The van der Waals surface area contributed by atoms with Crippen LogP contribution in [-0.4, -0.2) is 27.5 Å². The number of ether oxygens (including phenoxy) is 1. The van der Waals surface area contributed by atoms with Gasteiger partial charge in [0.2, 0.25) is 10.0 Å². The van der Waals surface area contributed by atoms with Crippen LogP contribution in [-0.2, 0) is 10.0 Å². The molecule has 128 valence electrons. The quantitative estimate of drug-likeness (QED) is 0.833. The molecule has 2 aromatic rings. The first-order valence-corrected chi connectivity index (χ1v) is 8.95. The molecular weight excluding hydrogens is 332 g/mol. The number of benzene rings is 1. The van der Waals surface area contributed by atoms with Gasteiger partial charge in [-0.25, -0.2) is 13.1 Å². The molecule has 0 saturated heterocycles. The smallest absolute Gasteiger partial charge is 0.259 e. The van der Waals surface area contributed by atoms with Crippen LogP contribution in [0.4, 0.5) is 5.69 Å². The molecule has 0 bridgehead atoms. The van der Waals surface area contributed by atoms with Crippen molar-refractivity contribution < 1.29 is 22.4 Å². The third-order valence-electron chi connectivity index (χ3n) is 3.73. The maximum absolute atomic E-state index is 12.3. The van der Waals surface area contributed by atoms with E-state index in [4.69, 9.17) is 9.15 Å². The van der Waals surface area contributed by atoms with Gasteiger partial charge in [0.1, 0.15) is 11.5 Å². The van der Waals surface area contributed by atoms with E-state index in [9.17, 15) is 13.2 Å². The first-order chi connectivity index (χ1) is 11.4. The van der Waals surface area contributed by atoms with E-state index in [1.54, 1.807) is 13.0 Å². The third-order valence-corrected chi connectivity index (χ3v) is 5.25. The topological polar surface area (TPSA) is 97.6 Å². The first-order valence-electron chi connectivity index (χ1n) is 7.46. The number of sulfonamides is 1. The Hall–Kier alpha value is -2.32. The Balaban J connectivity index is 1.89. The summed E-state index contributed by atoms with van der Waals surface area (Å²) >= 11 is 0. The zero-order valence-corrected chi connectivity index (χ0v) is 14.1. The molecular formula is C16H18N2O5S. The number of rotatable bonds is 6. The second kappa shape index (κ2) is 6.29. The van der Waals surface area contributed by atoms with Crippen LogP contribution in [0, 0.1) is 6.92 Å². The van der Waals surface area contributed by atoms with Crippen LogP contribution in [0.1, 0.15) is 29.0 Å². The van der Waals surface area contributed by atoms with E-state index in [1.807, 2.05) is 0 Å². The van der Waals surface area contributed by atoms with Gasteiger partial charge in [-0.3, -0.25) is 4.79 Å². The number of amides is 1. The van der Waals surface area contributed by atoms with Gasteiger partial charge in [-0.2, -0.15) is 0 Å². The first kappa shape index (κ1) is 16.5. The summed E-state index contributed by atoms with van der Waals surface area (Å²) in [4.78, 5) is 12.4. The molecule has 24 heavy (non-hydrogen) atoms. The summed E-state index contributed by atoms with van der Waals surface area (Å²) in [6.45, 7) is 1.67. The molecule has 0 unspecified atom stereocenters. The van der Waals surface area contributed by atoms with Crippen molar-refractivity contribution in [1.82, 2.24) is 4.72 Å². The minimum atomic E-state index is -3.62. The van der Waals surface area contributed by atoms with Gasteiger partial charge in [0.05, 0.1) is 29.5 Å². The highest BCUT2D eigenvalue weighted by Crippen LogP contribution is 2.29. The Labute approximate surface area is 140 Å². The SMILES string of the molecule is COc1ccc(S(=O)(=O)NC2CC2)cc1NC(=O)c1ccoc1C. The molecule has 2 N–H and O–H groups in total. The Kier molecular flexibility index (Phi) is 4.33. The minimum Gasteiger partial charge on any atom is -0.495 e. The number of nitrogens with one attached hydrogen (secondary N) is 2. The molecule has 1 aliphatic carbocycles. The average molecular weight is 350 g/mol. The Bertz CT molecular complexity index is 868. The summed E-state index contributed by atoms with van der Waals surface area (Å²) in [5, 5.41) is 2.67. The Morgan fingerprint density at radius 3 is 2.62 bits per heavy atom. The van der Waals surface area contributed by atoms with Crippen LogP contribution in [0.2, 0.25) is 0 Å². The van der Waals surface area contributed by atoms with E-state index in [-0.39, 0.29) is 16.6 Å². The van der Waals surface area contributed by atoms with Crippen molar-refractivity contribution in [2.24, 2.45) is 0 Å². The molecule has 0 radical (unpaired) electrons. The molecule has 1 fully saturated rings. The van der Waals surface area contributed by atoms with Crippen LogP contribution >= 0.6 is 0 Å². The van der Waals surface area contributed by atoms with Crippen LogP contribution in [0.25, 0.3) is 0 Å². The third kappa shape index (κ3) is 3.44. The Morgan fingerprint density at radius 1 is 1.29 bits per heavy atom. The number of aryl methyl sites for hydroxylation is 1. The van der Waals surface area contributed by atoms with Crippen molar-refractivity contribution in [2.45, 2.75) is 30.7 Å². The normalized spacial score (nSPS) is 14.4. The second-order valence-corrected chi connectivity index (χ2v) is 7.32. The van der Waals surface area contributed by atoms with Crippen molar-refractivity contribution in [3.05, 3.63) is 41.9 Å². The van der Waals surface area contributed by atoms with Gasteiger partial charge in [-0.1, -0.05) is 0 Å². The Morgan fingerprint density at radius 2 is 2.04 bits per heavy atom. The van der Waals surface area contributed by atoms with E-state index in [2.05, 4.69) is 10.0 Å². The van der Waals surface area contributed by atoms with Gasteiger partial charge >= 0.3 is 0 Å². The zero-order chi connectivity index (χ0) is 17.3. The van der Waals surface area contributed by atoms with Crippen molar-refractivity contribution in [1.29, 1.82) is 0 Å². The van der Waals surface area contributed by atoms with E-state index >= 15 is 0 Å². The fraction of sp³-hybridized carbons (Fsp3) is 0.312. The summed E-state index contributed by atoms with van der Waals surface area (Å²) in [5.74, 6) is 0.449. The lowest BCUT2D eigenvalue weighted by molar-refractivity contribution is 0.102. The predicted octanol–water partition coefficient (Wildman–Crippen LogP) is 2.29. The number of anilines is 1. The van der Waals surface area contributed by atoms with Gasteiger partial charge in [0.15, 0.2) is 0 Å². The standard InChI is InChI=1S/C16H18N2O5S/c1-10-13(7-8-23-10)16(19)17-14-9-12(5-6-15(14)22-2)24(20,21)18-11-3-4-11/h5-9,11,18H,3-4H2,1-2H3,(H,17,19). The fourth-order valence-corrected chi connectivity index (χ4v) is 3.58. The van der Waals surface area contributed by atoms with E-state index in [0.717, 1.165) is 12.8 Å². The lowest BCUT2D eigenvalue weighted by Gasteiger charge is -2.12. The number of hydrogen-bond donors (Lipinski definition) is 2. The van der Waals surface area contributed by atoms with Crippen molar-refractivity contribution in [3.63, 3.8) is 0 Å². The molecule has 7 nitrogen and oxygen atoms in total. The maximum Gasteiger partial charge on any atom is 0.259 e. The summed E-state index contributed by atoms with van der Waals surface area (Å²) in [5.41, 5.74) is 0.656. The highest BCUT2D eigenvalue weighted by atomic mass is 32.2. The largest absolute Gasteiger partial charge is 0.495 e. The molecule has 1 amide bonds. The highest BCUT2D eigenvalue weighted by molar-refractivity contribution is 7.89. The number of methoxy groups -OCH3 is 1. The highest BCUT2D eigenvalue weighted by Gasteiger charge is 2.28. The summed E-state index contributed by atoms with van der Waals surface area (Å²) < 4.78 is 37.6. The van der Waals surface area contributed by atoms with Gasteiger partial charge in [0, 0.05) is 6.04 Å². The molecule has 0 spiro atoms. The van der Waals surface area contributed by atoms with Crippen molar-refractivity contribution in [2.75, 3.05) is 12.4 Å². The van der Waals surface area contributed by atoms with Gasteiger partial charge < -0.3 is 14.5 Å². The molecule has 1 saturated carbocycles. The monoisotopic (exact) mass is 350 g/mol. The fourth-order valence-electron chi connectivity index (χ4n) is 2.25. The number of carbonyl (C=O) groups is 1. The van der Waals surface area contributed by atoms with Gasteiger partial charge in [-0.15, -0.1) is 0 Å². The number of carbonyl (C=O) groups excluding carboxylic acids is 1. The van der Waals surface area contributed by atoms with Crippen LogP contribution < -0.4 is 14.8 Å². The molecule has 1 aliphatic rings. The van der Waals surface area contributed by atoms with Crippen molar-refractivity contribution in [3.8, 4) is 5.75 Å². The molecule has 1 aromatic carbocycles. The van der Waals surface area contributed by atoms with Crippen molar-refractivity contribution >= 4 is 21.6 Å². The van der Waals surface area contributed by atoms with Crippen LogP contribution in [0.3, 0.4) is 0 Å². The number of hydrogen-bond acceptors (Lipinski definition) is 5. The molecule has 0 atom stereocenters. The predicted molar refractivity (Wildman–Crippen MR) is 87.7 cm³/mol. The number of furan rings is 1. The van der Waals surface area contributed by atoms with Gasteiger partial charge in [-0.05, 0) is 44.0 Å². The summed E-state index contributed by atoms with van der Waals surface area (Å²) in [7, 11) is -2.17. The molecule has 3 rings (SSSR count). The minimum absolute atomic E-state index is 0.00345. The zero-order valence-electron chi connectivity index (χ0n) is 13.3. The molecule has 1 aromatic heterocycles. The van der Waals surface area contributed by atoms with Crippen LogP contribution in [0.15, 0.2) is 39.8 Å². The molecule has 1 heterocycles. The molecule has 8 heteroatoms. The lowest BCUT2D eigenvalue weighted by atomic mass is 10.2. The second-order valence-electron chi connectivity index (χ2n) is 5.60. The van der Waals surface area contributed by atoms with E-state index in [1.165, 1.54) is 31.6 Å². The lowest BCUT2D eigenvalue weighted by Crippen LogP contribution is -2.26. The summed E-state index contributed by atoms with van der Waals surface area (Å²) in [6.07, 6.45) is 3.11. The van der Waals surface area contributed by atoms with Crippen LogP contribution in [0.5, 0.6) is 5.75 Å². The van der Waals surface area contributed by atoms with E-state index in [0.29, 0.717) is 17.1 Å². The van der Waals surface area contributed by atoms with E-state index < -0.39 is 15.9 Å². The molecule has 0 aliphatic heterocycles. The average Bonchev–Trinajstić information content (AvgIpc) is 3.23. The maximum atomic E-state index is 12.3.